The van der Waals surface area contributed by atoms with Crippen molar-refractivity contribution in [2.75, 3.05) is 6.61 Å². The summed E-state index contributed by atoms with van der Waals surface area (Å²) in [6.45, 7) is 11.4. The Kier molecular flexibility index (Phi) is 5.33. The summed E-state index contributed by atoms with van der Waals surface area (Å²) in [4.78, 5) is 23.6. The predicted molar refractivity (Wildman–Crippen MR) is 64.4 cm³/mol. The van der Waals surface area contributed by atoms with Gasteiger partial charge in [-0.05, 0) is 20.3 Å². The van der Waals surface area contributed by atoms with Crippen molar-refractivity contribution in [3.05, 3.63) is 0 Å². The average molecular weight is 228 g/mol. The van der Waals surface area contributed by atoms with Crippen molar-refractivity contribution in [3.63, 3.8) is 0 Å². The molecule has 0 fully saturated rings. The fourth-order valence-corrected chi connectivity index (χ4v) is 1.06. The van der Waals surface area contributed by atoms with Gasteiger partial charge in [0.1, 0.15) is 11.4 Å². The van der Waals surface area contributed by atoms with Crippen LogP contribution in [0.25, 0.3) is 0 Å². The van der Waals surface area contributed by atoms with Gasteiger partial charge in [-0.15, -0.1) is 0 Å². The second kappa shape index (κ2) is 5.58. The Morgan fingerprint density at radius 3 is 1.88 bits per heavy atom. The summed E-state index contributed by atoms with van der Waals surface area (Å²) in [7, 11) is 0. The number of ether oxygens (including phenoxy) is 1. The SMILES string of the molecule is CCCOC(C)(C)C(=O)CC(=O)C(C)(C)C. The first-order valence-electron chi connectivity index (χ1n) is 5.82. The summed E-state index contributed by atoms with van der Waals surface area (Å²) >= 11 is 0. The van der Waals surface area contributed by atoms with E-state index < -0.39 is 11.0 Å². The number of ketones is 2. The Morgan fingerprint density at radius 1 is 1.00 bits per heavy atom. The molecule has 0 aliphatic carbocycles. The molecule has 0 aromatic rings. The Labute approximate surface area is 98.6 Å². The van der Waals surface area contributed by atoms with Crippen LogP contribution in [-0.4, -0.2) is 23.8 Å². The zero-order valence-electron chi connectivity index (χ0n) is 11.3. The second-order valence-corrected chi connectivity index (χ2v) is 5.63. The maximum atomic E-state index is 11.9. The molecule has 0 atom stereocenters. The molecule has 0 aliphatic heterocycles. The molecular weight excluding hydrogens is 204 g/mol. The minimum atomic E-state index is -0.850. The van der Waals surface area contributed by atoms with Crippen LogP contribution < -0.4 is 0 Å². The topological polar surface area (TPSA) is 43.4 Å². The molecule has 0 radical (unpaired) electrons. The first kappa shape index (κ1) is 15.3. The molecule has 0 saturated heterocycles. The lowest BCUT2D eigenvalue weighted by molar-refractivity contribution is -0.144. The Bertz CT molecular complexity index is 259. The number of carbonyl (C=O) groups is 2. The molecule has 0 aliphatic rings. The second-order valence-electron chi connectivity index (χ2n) is 5.63. The summed E-state index contributed by atoms with van der Waals surface area (Å²) in [5.41, 5.74) is -1.31. The van der Waals surface area contributed by atoms with Gasteiger partial charge in [-0.2, -0.15) is 0 Å². The fraction of sp³-hybridized carbons (Fsp3) is 0.846. The monoisotopic (exact) mass is 228 g/mol. The summed E-state index contributed by atoms with van der Waals surface area (Å²) < 4.78 is 5.45. The van der Waals surface area contributed by atoms with Crippen molar-refractivity contribution in [2.24, 2.45) is 5.41 Å². The highest BCUT2D eigenvalue weighted by molar-refractivity contribution is 6.04. The van der Waals surface area contributed by atoms with Crippen molar-refractivity contribution in [1.29, 1.82) is 0 Å². The molecule has 94 valence electrons. The first-order valence-corrected chi connectivity index (χ1v) is 5.82. The van der Waals surface area contributed by atoms with E-state index in [-0.39, 0.29) is 18.0 Å². The number of hydrogen-bond donors (Lipinski definition) is 0. The molecule has 0 rings (SSSR count). The van der Waals surface area contributed by atoms with E-state index in [1.165, 1.54) is 0 Å². The standard InChI is InChI=1S/C13H24O3/c1-7-8-16-13(5,6)11(15)9-10(14)12(2,3)4/h7-9H2,1-6H3. The van der Waals surface area contributed by atoms with Crippen molar-refractivity contribution < 1.29 is 14.3 Å². The lowest BCUT2D eigenvalue weighted by Gasteiger charge is -2.25. The predicted octanol–water partition coefficient (Wildman–Crippen LogP) is 2.77. The van der Waals surface area contributed by atoms with Gasteiger partial charge in [0.05, 0.1) is 6.42 Å². The molecule has 0 heterocycles. The zero-order chi connectivity index (χ0) is 13.0. The Morgan fingerprint density at radius 2 is 1.50 bits per heavy atom. The molecule has 0 unspecified atom stereocenters. The van der Waals surface area contributed by atoms with Gasteiger partial charge in [-0.25, -0.2) is 0 Å². The molecule has 16 heavy (non-hydrogen) atoms. The van der Waals surface area contributed by atoms with Gasteiger partial charge < -0.3 is 4.74 Å². The maximum Gasteiger partial charge on any atom is 0.171 e. The average Bonchev–Trinajstić information content (AvgIpc) is 2.13. The van der Waals surface area contributed by atoms with E-state index in [1.54, 1.807) is 13.8 Å². The van der Waals surface area contributed by atoms with Gasteiger partial charge in [0.15, 0.2) is 5.78 Å². The van der Waals surface area contributed by atoms with E-state index in [0.29, 0.717) is 6.61 Å². The summed E-state index contributed by atoms with van der Waals surface area (Å²) in [6.07, 6.45) is 0.824. The molecule has 3 heteroatoms. The third-order valence-electron chi connectivity index (χ3n) is 2.50. The van der Waals surface area contributed by atoms with Crippen molar-refractivity contribution >= 4 is 11.6 Å². The van der Waals surface area contributed by atoms with Gasteiger partial charge in [0.2, 0.25) is 0 Å². The molecule has 0 saturated carbocycles. The van der Waals surface area contributed by atoms with Gasteiger partial charge in [0.25, 0.3) is 0 Å². The van der Waals surface area contributed by atoms with Crippen molar-refractivity contribution in [1.82, 2.24) is 0 Å². The van der Waals surface area contributed by atoms with E-state index in [9.17, 15) is 9.59 Å². The van der Waals surface area contributed by atoms with Crippen LogP contribution in [0.4, 0.5) is 0 Å². The summed E-state index contributed by atoms with van der Waals surface area (Å²) in [6, 6.07) is 0. The number of Topliss-reactive ketones (excluding diaryl/α,β-unsaturated/α-hetero) is 2. The van der Waals surface area contributed by atoms with Gasteiger partial charge in [0, 0.05) is 12.0 Å². The van der Waals surface area contributed by atoms with Crippen LogP contribution >= 0.6 is 0 Å². The van der Waals surface area contributed by atoms with Crippen molar-refractivity contribution in [2.45, 2.75) is 60.0 Å². The highest BCUT2D eigenvalue weighted by Crippen LogP contribution is 2.21. The fourth-order valence-electron chi connectivity index (χ4n) is 1.06. The quantitative estimate of drug-likeness (QED) is 0.656. The molecule has 0 aromatic heterocycles. The number of hydrogen-bond acceptors (Lipinski definition) is 3. The lowest BCUT2D eigenvalue weighted by atomic mass is 9.85. The smallest absolute Gasteiger partial charge is 0.171 e. The van der Waals surface area contributed by atoms with Gasteiger partial charge >= 0.3 is 0 Å². The van der Waals surface area contributed by atoms with Crippen LogP contribution in [0.3, 0.4) is 0 Å². The number of rotatable bonds is 6. The van der Waals surface area contributed by atoms with Crippen LogP contribution in [0.2, 0.25) is 0 Å². The summed E-state index contributed by atoms with van der Waals surface area (Å²) in [5, 5.41) is 0. The largest absolute Gasteiger partial charge is 0.368 e. The Hall–Kier alpha value is -0.700. The van der Waals surface area contributed by atoms with Crippen molar-refractivity contribution in [3.8, 4) is 0 Å². The molecule has 0 aromatic carbocycles. The molecule has 3 nitrogen and oxygen atoms in total. The number of carbonyl (C=O) groups excluding carboxylic acids is 2. The molecule has 0 spiro atoms. The highest BCUT2D eigenvalue weighted by Gasteiger charge is 2.32. The maximum absolute atomic E-state index is 11.9. The Balaban J connectivity index is 4.41. The third-order valence-corrected chi connectivity index (χ3v) is 2.50. The normalized spacial score (nSPS) is 12.6. The highest BCUT2D eigenvalue weighted by atomic mass is 16.5. The van der Waals surface area contributed by atoms with Crippen LogP contribution in [0.15, 0.2) is 0 Å². The lowest BCUT2D eigenvalue weighted by Crippen LogP contribution is -2.38. The first-order chi connectivity index (χ1) is 7.11. The van der Waals surface area contributed by atoms with Crippen LogP contribution in [0.5, 0.6) is 0 Å². The molecule has 0 N–H and O–H groups in total. The minimum absolute atomic E-state index is 0.0364. The summed E-state index contributed by atoms with van der Waals surface area (Å²) in [5.74, 6) is -0.174. The van der Waals surface area contributed by atoms with Crippen LogP contribution in [-0.2, 0) is 14.3 Å². The molecule has 0 amide bonds. The van der Waals surface area contributed by atoms with E-state index >= 15 is 0 Å². The van der Waals surface area contributed by atoms with E-state index in [2.05, 4.69) is 0 Å². The van der Waals surface area contributed by atoms with Crippen LogP contribution in [0, 0.1) is 5.41 Å². The van der Waals surface area contributed by atoms with Gasteiger partial charge in [-0.1, -0.05) is 27.7 Å². The zero-order valence-corrected chi connectivity index (χ0v) is 11.3. The third kappa shape index (κ3) is 4.88. The van der Waals surface area contributed by atoms with E-state index in [4.69, 9.17) is 4.74 Å². The minimum Gasteiger partial charge on any atom is -0.368 e. The van der Waals surface area contributed by atoms with E-state index in [1.807, 2.05) is 27.7 Å². The van der Waals surface area contributed by atoms with E-state index in [0.717, 1.165) is 6.42 Å². The van der Waals surface area contributed by atoms with Crippen LogP contribution in [0.1, 0.15) is 54.4 Å². The van der Waals surface area contributed by atoms with Gasteiger partial charge in [-0.3, -0.25) is 9.59 Å². The molecule has 0 bridgehead atoms. The molecular formula is C13H24O3.